The molecule has 0 bridgehead atoms. The molecular formula is C14H9FN2O2S. The number of thiophene rings is 1. The van der Waals surface area contributed by atoms with Crippen LogP contribution in [0.15, 0.2) is 40.8 Å². The number of aromatic nitrogens is 2. The number of hydrogen-bond acceptors (Lipinski definition) is 4. The number of nitrogens with zero attached hydrogens (tertiary/aromatic N) is 2. The minimum Gasteiger partial charge on any atom is -0.301 e. The van der Waals surface area contributed by atoms with E-state index in [0.29, 0.717) is 22.1 Å². The molecule has 100 valence electrons. The van der Waals surface area contributed by atoms with Gasteiger partial charge in [0.15, 0.2) is 0 Å². The molecule has 1 aromatic carbocycles. The minimum atomic E-state index is -0.329. The Bertz CT molecular complexity index is 836. The molecule has 6 heteroatoms. The second-order valence-electron chi connectivity index (χ2n) is 4.21. The second-order valence-corrected chi connectivity index (χ2v) is 5.06. The third kappa shape index (κ3) is 2.04. The van der Waals surface area contributed by atoms with Gasteiger partial charge >= 0.3 is 0 Å². The van der Waals surface area contributed by atoms with Crippen LogP contribution in [0.1, 0.15) is 0 Å². The van der Waals surface area contributed by atoms with Crippen LogP contribution in [-0.2, 0) is 11.3 Å². The van der Waals surface area contributed by atoms with Gasteiger partial charge in [0.05, 0.1) is 18.3 Å². The molecule has 0 fully saturated rings. The number of hydrogen-bond donors (Lipinski definition) is 0. The van der Waals surface area contributed by atoms with Crippen molar-refractivity contribution >= 4 is 27.8 Å². The fourth-order valence-corrected chi connectivity index (χ4v) is 2.93. The van der Waals surface area contributed by atoms with E-state index in [1.807, 2.05) is 5.38 Å². The molecule has 4 nitrogen and oxygen atoms in total. The summed E-state index contributed by atoms with van der Waals surface area (Å²) in [6.45, 7) is -0.0273. The summed E-state index contributed by atoms with van der Waals surface area (Å²) in [5, 5.41) is 2.28. The van der Waals surface area contributed by atoms with Gasteiger partial charge in [0.1, 0.15) is 16.9 Å². The molecule has 20 heavy (non-hydrogen) atoms. The van der Waals surface area contributed by atoms with E-state index in [-0.39, 0.29) is 17.9 Å². The largest absolute Gasteiger partial charge is 0.301 e. The molecular weight excluding hydrogens is 279 g/mol. The predicted molar refractivity (Wildman–Crippen MR) is 75.3 cm³/mol. The third-order valence-corrected chi connectivity index (χ3v) is 3.87. The van der Waals surface area contributed by atoms with E-state index in [0.717, 1.165) is 5.56 Å². The SMILES string of the molecule is O=CCn1cnc2scc(-c3ccc(F)cc3)c2c1=O. The summed E-state index contributed by atoms with van der Waals surface area (Å²) in [5.74, 6) is -0.329. The lowest BCUT2D eigenvalue weighted by atomic mass is 10.1. The minimum absolute atomic E-state index is 0.0273. The molecule has 0 amide bonds. The fraction of sp³-hybridized carbons (Fsp3) is 0.0714. The van der Waals surface area contributed by atoms with E-state index in [1.165, 1.54) is 34.4 Å². The van der Waals surface area contributed by atoms with Crippen molar-refractivity contribution in [2.24, 2.45) is 0 Å². The Morgan fingerprint density at radius 2 is 2.05 bits per heavy atom. The van der Waals surface area contributed by atoms with Crippen molar-refractivity contribution in [2.75, 3.05) is 0 Å². The van der Waals surface area contributed by atoms with Crippen molar-refractivity contribution in [1.29, 1.82) is 0 Å². The normalized spacial score (nSPS) is 10.8. The van der Waals surface area contributed by atoms with Crippen molar-refractivity contribution in [2.45, 2.75) is 6.54 Å². The Morgan fingerprint density at radius 3 is 2.75 bits per heavy atom. The lowest BCUT2D eigenvalue weighted by molar-refractivity contribution is -0.108. The standard InChI is InChI=1S/C14H9FN2O2S/c15-10-3-1-9(2-4-10)11-7-20-13-12(11)14(19)17(5-6-18)8-16-13/h1-4,6-8H,5H2. The first kappa shape index (κ1) is 12.7. The van der Waals surface area contributed by atoms with Gasteiger partial charge in [-0.1, -0.05) is 12.1 Å². The van der Waals surface area contributed by atoms with Crippen LogP contribution in [0.25, 0.3) is 21.3 Å². The molecule has 2 aromatic heterocycles. The fourth-order valence-electron chi connectivity index (χ4n) is 2.02. The topological polar surface area (TPSA) is 52.0 Å². The van der Waals surface area contributed by atoms with E-state index in [2.05, 4.69) is 4.98 Å². The zero-order chi connectivity index (χ0) is 14.1. The van der Waals surface area contributed by atoms with Gasteiger partial charge < -0.3 is 4.79 Å². The van der Waals surface area contributed by atoms with Crippen molar-refractivity contribution in [3.63, 3.8) is 0 Å². The predicted octanol–water partition coefficient (Wildman–Crippen LogP) is 2.46. The Hall–Kier alpha value is -2.34. The summed E-state index contributed by atoms with van der Waals surface area (Å²) in [6.07, 6.45) is 2.02. The Labute approximate surface area is 117 Å². The summed E-state index contributed by atoms with van der Waals surface area (Å²) in [7, 11) is 0. The van der Waals surface area contributed by atoms with Crippen LogP contribution in [0.2, 0.25) is 0 Å². The third-order valence-electron chi connectivity index (χ3n) is 2.99. The zero-order valence-electron chi connectivity index (χ0n) is 10.2. The smallest absolute Gasteiger partial charge is 0.263 e. The Kier molecular flexibility index (Phi) is 3.15. The quantitative estimate of drug-likeness (QED) is 0.696. The number of benzene rings is 1. The molecule has 0 saturated carbocycles. The molecule has 0 N–H and O–H groups in total. The summed E-state index contributed by atoms with van der Waals surface area (Å²) in [5.41, 5.74) is 1.20. The zero-order valence-corrected chi connectivity index (χ0v) is 11.1. The highest BCUT2D eigenvalue weighted by Gasteiger charge is 2.13. The van der Waals surface area contributed by atoms with Crippen LogP contribution in [0.5, 0.6) is 0 Å². The average molecular weight is 288 g/mol. The van der Waals surface area contributed by atoms with Gasteiger partial charge in [-0.3, -0.25) is 9.36 Å². The number of halogens is 1. The molecule has 0 atom stereocenters. The number of rotatable bonds is 3. The average Bonchev–Trinajstić information content (AvgIpc) is 2.88. The first-order chi connectivity index (χ1) is 9.70. The van der Waals surface area contributed by atoms with Crippen LogP contribution >= 0.6 is 11.3 Å². The first-order valence-electron chi connectivity index (χ1n) is 5.87. The molecule has 0 spiro atoms. The van der Waals surface area contributed by atoms with Crippen molar-refractivity contribution in [1.82, 2.24) is 9.55 Å². The summed E-state index contributed by atoms with van der Waals surface area (Å²) >= 11 is 1.35. The maximum absolute atomic E-state index is 13.0. The van der Waals surface area contributed by atoms with E-state index < -0.39 is 0 Å². The van der Waals surface area contributed by atoms with E-state index in [1.54, 1.807) is 12.1 Å². The number of fused-ring (bicyclic) bond motifs is 1. The number of aldehydes is 1. The van der Waals surface area contributed by atoms with E-state index in [9.17, 15) is 14.0 Å². The lowest BCUT2D eigenvalue weighted by Crippen LogP contribution is -2.20. The maximum atomic E-state index is 13.0. The van der Waals surface area contributed by atoms with Gasteiger partial charge in [-0.2, -0.15) is 0 Å². The van der Waals surface area contributed by atoms with Crippen LogP contribution in [-0.4, -0.2) is 15.8 Å². The molecule has 0 aliphatic rings. The number of carbonyl (C=O) groups is 1. The number of carbonyl (C=O) groups excluding carboxylic acids is 1. The van der Waals surface area contributed by atoms with E-state index in [4.69, 9.17) is 0 Å². The highest BCUT2D eigenvalue weighted by molar-refractivity contribution is 7.17. The van der Waals surface area contributed by atoms with Crippen molar-refractivity contribution in [3.05, 3.63) is 52.1 Å². The van der Waals surface area contributed by atoms with E-state index >= 15 is 0 Å². The van der Waals surface area contributed by atoms with Crippen LogP contribution in [0, 0.1) is 5.82 Å². The lowest BCUT2D eigenvalue weighted by Gasteiger charge is -2.02. The van der Waals surface area contributed by atoms with Crippen LogP contribution < -0.4 is 5.56 Å². The monoisotopic (exact) mass is 288 g/mol. The van der Waals surface area contributed by atoms with Crippen molar-refractivity contribution < 1.29 is 9.18 Å². The van der Waals surface area contributed by atoms with Crippen LogP contribution in [0.4, 0.5) is 4.39 Å². The highest BCUT2D eigenvalue weighted by Crippen LogP contribution is 2.30. The molecule has 0 unspecified atom stereocenters. The summed E-state index contributed by atoms with van der Waals surface area (Å²) < 4.78 is 14.2. The summed E-state index contributed by atoms with van der Waals surface area (Å²) in [4.78, 5) is 27.7. The Balaban J connectivity index is 2.26. The van der Waals surface area contributed by atoms with Crippen LogP contribution in [0.3, 0.4) is 0 Å². The molecule has 0 aliphatic carbocycles. The van der Waals surface area contributed by atoms with Gasteiger partial charge in [-0.15, -0.1) is 11.3 Å². The highest BCUT2D eigenvalue weighted by atomic mass is 32.1. The molecule has 3 rings (SSSR count). The summed E-state index contributed by atoms with van der Waals surface area (Å²) in [6, 6.07) is 5.93. The molecule has 0 radical (unpaired) electrons. The molecule has 0 aliphatic heterocycles. The van der Waals surface area contributed by atoms with Gasteiger partial charge in [0.2, 0.25) is 0 Å². The second kappa shape index (κ2) is 4.97. The van der Waals surface area contributed by atoms with Gasteiger partial charge in [-0.05, 0) is 17.7 Å². The van der Waals surface area contributed by atoms with Gasteiger partial charge in [0.25, 0.3) is 5.56 Å². The molecule has 3 aromatic rings. The molecule has 0 saturated heterocycles. The van der Waals surface area contributed by atoms with Gasteiger partial charge in [0, 0.05) is 10.9 Å². The first-order valence-corrected chi connectivity index (χ1v) is 6.75. The Morgan fingerprint density at radius 1 is 1.30 bits per heavy atom. The van der Waals surface area contributed by atoms with Gasteiger partial charge in [-0.25, -0.2) is 9.37 Å². The van der Waals surface area contributed by atoms with Crippen molar-refractivity contribution in [3.8, 4) is 11.1 Å². The molecule has 2 heterocycles. The maximum Gasteiger partial charge on any atom is 0.263 e.